The van der Waals surface area contributed by atoms with Crippen LogP contribution in [0.2, 0.25) is 0 Å². The van der Waals surface area contributed by atoms with Gasteiger partial charge in [0, 0.05) is 32.2 Å². The maximum atomic E-state index is 5.53. The first-order chi connectivity index (χ1) is 10.7. The van der Waals surface area contributed by atoms with Gasteiger partial charge < -0.3 is 14.8 Å². The molecule has 1 heterocycles. The van der Waals surface area contributed by atoms with E-state index in [9.17, 15) is 0 Å². The van der Waals surface area contributed by atoms with E-state index in [4.69, 9.17) is 9.47 Å². The Morgan fingerprint density at radius 1 is 1.18 bits per heavy atom. The number of piperazine rings is 1. The second-order valence-corrected chi connectivity index (χ2v) is 7.01. The molecule has 3 rings (SSSR count). The van der Waals surface area contributed by atoms with Crippen molar-refractivity contribution in [3.63, 3.8) is 0 Å². The van der Waals surface area contributed by atoms with Gasteiger partial charge in [0.15, 0.2) is 0 Å². The number of halogens is 1. The third-order valence-electron chi connectivity index (χ3n) is 4.70. The molecule has 22 heavy (non-hydrogen) atoms. The molecule has 4 nitrogen and oxygen atoms in total. The van der Waals surface area contributed by atoms with Gasteiger partial charge in [-0.3, -0.25) is 4.90 Å². The van der Waals surface area contributed by atoms with Gasteiger partial charge in [-0.15, -0.1) is 0 Å². The maximum Gasteiger partial charge on any atom is 0.137 e. The molecule has 1 atom stereocenters. The van der Waals surface area contributed by atoms with Gasteiger partial charge in [0.1, 0.15) is 16.0 Å². The fourth-order valence-electron chi connectivity index (χ4n) is 3.24. The predicted octanol–water partition coefficient (Wildman–Crippen LogP) is 3.21. The summed E-state index contributed by atoms with van der Waals surface area (Å²) in [4.78, 5) is 2.61. The summed E-state index contributed by atoms with van der Waals surface area (Å²) in [6.07, 6.45) is 4.01. The summed E-state index contributed by atoms with van der Waals surface area (Å²) in [6.45, 7) is 4.37. The zero-order valence-corrected chi connectivity index (χ0v) is 15.0. The molecule has 1 N–H and O–H groups in total. The molecule has 0 radical (unpaired) electrons. The number of nitrogens with zero attached hydrogens (tertiary/aromatic N) is 1. The van der Waals surface area contributed by atoms with Gasteiger partial charge in [-0.1, -0.05) is 12.8 Å². The summed E-state index contributed by atoms with van der Waals surface area (Å²) in [5.41, 5.74) is 1.31. The summed E-state index contributed by atoms with van der Waals surface area (Å²) in [6, 6.07) is 4.80. The molecule has 0 bridgehead atoms. The third-order valence-corrected chi connectivity index (χ3v) is 5.48. The van der Waals surface area contributed by atoms with Gasteiger partial charge in [0.05, 0.1) is 14.2 Å². The average Bonchev–Trinajstić information content (AvgIpc) is 3.38. The third kappa shape index (κ3) is 3.58. The van der Waals surface area contributed by atoms with Crippen molar-refractivity contribution in [2.75, 3.05) is 40.4 Å². The molecule has 5 heteroatoms. The van der Waals surface area contributed by atoms with Gasteiger partial charge in [-0.2, -0.15) is 0 Å². The van der Waals surface area contributed by atoms with E-state index in [0.717, 1.165) is 48.1 Å². The second-order valence-electron chi connectivity index (χ2n) is 6.22. The molecule has 122 valence electrons. The molecule has 1 saturated carbocycles. The molecule has 2 fully saturated rings. The lowest BCUT2D eigenvalue weighted by Gasteiger charge is -2.35. The molecule has 1 aromatic rings. The monoisotopic (exact) mass is 368 g/mol. The highest BCUT2D eigenvalue weighted by Crippen LogP contribution is 2.43. The van der Waals surface area contributed by atoms with Gasteiger partial charge in [-0.25, -0.2) is 0 Å². The van der Waals surface area contributed by atoms with E-state index >= 15 is 0 Å². The van der Waals surface area contributed by atoms with Crippen LogP contribution in [0.15, 0.2) is 16.6 Å². The van der Waals surface area contributed by atoms with Crippen LogP contribution in [0.4, 0.5) is 0 Å². The Bertz CT molecular complexity index is 488. The van der Waals surface area contributed by atoms with Crippen molar-refractivity contribution in [2.24, 2.45) is 5.92 Å². The molecule has 0 unspecified atom stereocenters. The minimum absolute atomic E-state index is 0.463. The Morgan fingerprint density at radius 3 is 2.27 bits per heavy atom. The van der Waals surface area contributed by atoms with Crippen molar-refractivity contribution < 1.29 is 9.47 Å². The highest BCUT2D eigenvalue weighted by molar-refractivity contribution is 9.10. The quantitative estimate of drug-likeness (QED) is 0.835. The lowest BCUT2D eigenvalue weighted by atomic mass is 9.98. The van der Waals surface area contributed by atoms with Gasteiger partial charge in [0.2, 0.25) is 0 Å². The van der Waals surface area contributed by atoms with Gasteiger partial charge in [-0.05, 0) is 46.0 Å². The zero-order chi connectivity index (χ0) is 15.5. The van der Waals surface area contributed by atoms with Crippen LogP contribution in [0.25, 0.3) is 0 Å². The molecular weight excluding hydrogens is 344 g/mol. The van der Waals surface area contributed by atoms with E-state index < -0.39 is 0 Å². The number of hydrogen-bond donors (Lipinski definition) is 1. The Hall–Kier alpha value is -0.780. The highest BCUT2D eigenvalue weighted by Gasteiger charge is 2.31. The average molecular weight is 369 g/mol. The molecule has 1 aliphatic heterocycles. The van der Waals surface area contributed by atoms with Crippen LogP contribution >= 0.6 is 15.9 Å². The smallest absolute Gasteiger partial charge is 0.137 e. The first kappa shape index (κ1) is 16.1. The minimum Gasteiger partial charge on any atom is -0.495 e. The van der Waals surface area contributed by atoms with E-state index in [1.807, 2.05) is 0 Å². The lowest BCUT2D eigenvalue weighted by Crippen LogP contribution is -2.45. The Labute approximate surface area is 141 Å². The summed E-state index contributed by atoms with van der Waals surface area (Å²) in [5.74, 6) is 2.59. The number of ether oxygens (including phenoxy) is 2. The number of methoxy groups -OCH3 is 2. The Morgan fingerprint density at radius 2 is 1.77 bits per heavy atom. The van der Waals surface area contributed by atoms with Crippen LogP contribution in [-0.2, 0) is 0 Å². The number of nitrogens with one attached hydrogen (secondary N) is 1. The van der Waals surface area contributed by atoms with E-state index in [1.165, 1.54) is 24.8 Å². The zero-order valence-electron chi connectivity index (χ0n) is 13.4. The van der Waals surface area contributed by atoms with Crippen LogP contribution in [0.1, 0.15) is 30.9 Å². The first-order valence-electron chi connectivity index (χ1n) is 8.09. The predicted molar refractivity (Wildman–Crippen MR) is 91.8 cm³/mol. The van der Waals surface area contributed by atoms with Crippen LogP contribution in [0.5, 0.6) is 11.5 Å². The summed E-state index contributed by atoms with van der Waals surface area (Å²) in [5, 5.41) is 3.45. The van der Waals surface area contributed by atoms with Crippen molar-refractivity contribution in [1.82, 2.24) is 10.2 Å². The topological polar surface area (TPSA) is 33.7 Å². The highest BCUT2D eigenvalue weighted by atomic mass is 79.9. The summed E-state index contributed by atoms with van der Waals surface area (Å²) >= 11 is 3.57. The van der Waals surface area contributed by atoms with Crippen LogP contribution < -0.4 is 14.8 Å². The van der Waals surface area contributed by atoms with Crippen molar-refractivity contribution >= 4 is 15.9 Å². The second kappa shape index (κ2) is 7.20. The molecule has 1 aromatic carbocycles. The van der Waals surface area contributed by atoms with Gasteiger partial charge in [0.25, 0.3) is 0 Å². The molecule has 0 spiro atoms. The van der Waals surface area contributed by atoms with E-state index in [-0.39, 0.29) is 0 Å². The number of rotatable bonds is 6. The van der Waals surface area contributed by atoms with Crippen LogP contribution in [-0.4, -0.2) is 45.3 Å². The van der Waals surface area contributed by atoms with E-state index in [1.54, 1.807) is 14.2 Å². The first-order valence-corrected chi connectivity index (χ1v) is 8.88. The maximum absolute atomic E-state index is 5.53. The van der Waals surface area contributed by atoms with Crippen molar-refractivity contribution in [3.05, 3.63) is 22.2 Å². The number of benzene rings is 1. The minimum atomic E-state index is 0.463. The summed E-state index contributed by atoms with van der Waals surface area (Å²) in [7, 11) is 3.42. The van der Waals surface area contributed by atoms with Crippen molar-refractivity contribution in [2.45, 2.75) is 25.3 Å². The fourth-order valence-corrected chi connectivity index (χ4v) is 3.79. The Kier molecular flexibility index (Phi) is 5.26. The molecule has 0 aromatic heterocycles. The molecule has 2 aliphatic rings. The Balaban J connectivity index is 1.91. The van der Waals surface area contributed by atoms with E-state index in [2.05, 4.69) is 38.3 Å². The molecule has 1 aliphatic carbocycles. The normalized spacial score (nSPS) is 20.7. The van der Waals surface area contributed by atoms with Crippen LogP contribution in [0, 0.1) is 5.92 Å². The SMILES string of the molecule is COc1cc([C@H](CC2CC2)N2CCNCC2)cc(OC)c1Br. The van der Waals surface area contributed by atoms with Gasteiger partial charge >= 0.3 is 0 Å². The van der Waals surface area contributed by atoms with E-state index in [0.29, 0.717) is 6.04 Å². The van der Waals surface area contributed by atoms with Crippen molar-refractivity contribution in [3.8, 4) is 11.5 Å². The molecular formula is C17H25BrN2O2. The fraction of sp³-hybridized carbons (Fsp3) is 0.647. The standard InChI is InChI=1S/C17H25BrN2O2/c1-21-15-10-13(11-16(22-2)17(15)18)14(9-12-3-4-12)20-7-5-19-6-8-20/h10-12,14,19H,3-9H2,1-2H3/t14-/m0/s1. The number of hydrogen-bond acceptors (Lipinski definition) is 4. The molecule has 0 amide bonds. The lowest BCUT2D eigenvalue weighted by molar-refractivity contribution is 0.160. The van der Waals surface area contributed by atoms with Crippen LogP contribution in [0.3, 0.4) is 0 Å². The van der Waals surface area contributed by atoms with Crippen molar-refractivity contribution in [1.29, 1.82) is 0 Å². The summed E-state index contributed by atoms with van der Waals surface area (Å²) < 4.78 is 12.0. The largest absolute Gasteiger partial charge is 0.495 e. The molecule has 1 saturated heterocycles.